The van der Waals surface area contributed by atoms with E-state index in [2.05, 4.69) is 10.4 Å². The monoisotopic (exact) mass is 409 g/mol. The van der Waals surface area contributed by atoms with Gasteiger partial charge in [-0.15, -0.1) is 0 Å². The molecule has 1 amide bonds. The van der Waals surface area contributed by atoms with E-state index in [1.165, 1.54) is 0 Å². The number of carbonyl (C=O) groups excluding carboxylic acids is 1. The van der Waals surface area contributed by atoms with E-state index in [0.29, 0.717) is 18.5 Å². The Morgan fingerprint density at radius 1 is 1.10 bits per heavy atom. The summed E-state index contributed by atoms with van der Waals surface area (Å²) in [6.07, 6.45) is 0.374. The predicted molar refractivity (Wildman–Crippen MR) is 111 cm³/mol. The predicted octanol–water partition coefficient (Wildman–Crippen LogP) is 2.89. The lowest BCUT2D eigenvalue weighted by atomic mass is 10.1. The van der Waals surface area contributed by atoms with Crippen LogP contribution in [-0.2, 0) is 28.6 Å². The van der Waals surface area contributed by atoms with Gasteiger partial charge in [-0.3, -0.25) is 9.48 Å². The Hall–Kier alpha value is -2.93. The molecule has 6 nitrogen and oxygen atoms in total. The lowest BCUT2D eigenvalue weighted by molar-refractivity contribution is 0.0933. The van der Waals surface area contributed by atoms with Crippen LogP contribution in [-0.4, -0.2) is 29.9 Å². The second-order valence-corrected chi connectivity index (χ2v) is 9.55. The molecule has 0 spiro atoms. The molecule has 2 heterocycles. The first-order valence-corrected chi connectivity index (χ1v) is 11.4. The molecule has 1 aliphatic heterocycles. The van der Waals surface area contributed by atoms with Crippen LogP contribution in [0.25, 0.3) is 0 Å². The summed E-state index contributed by atoms with van der Waals surface area (Å²) in [6.45, 7) is 2.40. The molecule has 0 bridgehead atoms. The fraction of sp³-hybridized carbons (Fsp3) is 0.273. The molecule has 1 N–H and O–H groups in total. The number of nitrogens with zero attached hydrogens (tertiary/aromatic N) is 2. The van der Waals surface area contributed by atoms with Gasteiger partial charge in [-0.1, -0.05) is 60.7 Å². The average molecular weight is 410 g/mol. The molecule has 0 unspecified atom stereocenters. The number of amides is 1. The zero-order valence-electron chi connectivity index (χ0n) is 16.2. The van der Waals surface area contributed by atoms with Crippen molar-refractivity contribution in [3.8, 4) is 0 Å². The maximum absolute atomic E-state index is 13.0. The maximum Gasteiger partial charge on any atom is 0.272 e. The third-order valence-electron chi connectivity index (χ3n) is 5.22. The summed E-state index contributed by atoms with van der Waals surface area (Å²) in [5.74, 6) is -0.400. The van der Waals surface area contributed by atoms with E-state index < -0.39 is 9.84 Å². The second kappa shape index (κ2) is 7.83. The molecule has 3 aromatic rings. The average Bonchev–Trinajstić information content (AvgIpc) is 3.05. The minimum atomic E-state index is -3.23. The number of rotatable bonds is 5. The van der Waals surface area contributed by atoms with Gasteiger partial charge in [0.1, 0.15) is 0 Å². The summed E-state index contributed by atoms with van der Waals surface area (Å²) >= 11 is 0. The summed E-state index contributed by atoms with van der Waals surface area (Å²) in [6, 6.07) is 19.3. The van der Waals surface area contributed by atoms with Crippen LogP contribution in [0.4, 0.5) is 0 Å². The van der Waals surface area contributed by atoms with E-state index in [0.717, 1.165) is 16.8 Å². The number of hydrogen-bond donors (Lipinski definition) is 1. The summed E-state index contributed by atoms with van der Waals surface area (Å²) in [4.78, 5) is 13.0. The fourth-order valence-electron chi connectivity index (χ4n) is 3.67. The third kappa shape index (κ3) is 4.24. The maximum atomic E-state index is 13.0. The van der Waals surface area contributed by atoms with Gasteiger partial charge in [0.05, 0.1) is 24.1 Å². The topological polar surface area (TPSA) is 81.1 Å². The minimum Gasteiger partial charge on any atom is -0.344 e. The van der Waals surface area contributed by atoms with Gasteiger partial charge in [-0.2, -0.15) is 5.10 Å². The van der Waals surface area contributed by atoms with E-state index in [9.17, 15) is 13.2 Å². The van der Waals surface area contributed by atoms with Gasteiger partial charge >= 0.3 is 0 Å². The number of nitrogens with one attached hydrogen (secondary N) is 1. The molecule has 1 atom stereocenters. The molecule has 0 saturated carbocycles. The highest BCUT2D eigenvalue weighted by atomic mass is 32.2. The van der Waals surface area contributed by atoms with E-state index in [1.807, 2.05) is 67.6 Å². The Morgan fingerprint density at radius 3 is 2.45 bits per heavy atom. The lowest BCUT2D eigenvalue weighted by Crippen LogP contribution is -2.29. The van der Waals surface area contributed by atoms with Crippen LogP contribution >= 0.6 is 0 Å². The molecule has 1 aliphatic rings. The number of aromatic nitrogens is 2. The second-order valence-electron chi connectivity index (χ2n) is 7.36. The number of sulfone groups is 1. The van der Waals surface area contributed by atoms with Crippen LogP contribution in [0.3, 0.4) is 0 Å². The summed E-state index contributed by atoms with van der Waals surface area (Å²) in [5.41, 5.74) is 3.61. The number of fused-ring (bicyclic) bond motifs is 1. The van der Waals surface area contributed by atoms with Gasteiger partial charge in [-0.25, -0.2) is 8.42 Å². The van der Waals surface area contributed by atoms with Gasteiger partial charge < -0.3 is 5.32 Å². The highest BCUT2D eigenvalue weighted by molar-refractivity contribution is 7.90. The van der Waals surface area contributed by atoms with Crippen LogP contribution in [0, 0.1) is 0 Å². The van der Waals surface area contributed by atoms with Gasteiger partial charge in [0.25, 0.3) is 5.91 Å². The molecule has 7 heteroatoms. The summed E-state index contributed by atoms with van der Waals surface area (Å²) in [5, 5.41) is 7.50. The Kier molecular flexibility index (Phi) is 5.24. The molecule has 150 valence electrons. The quantitative estimate of drug-likeness (QED) is 0.703. The highest BCUT2D eigenvalue weighted by Crippen LogP contribution is 2.26. The summed E-state index contributed by atoms with van der Waals surface area (Å²) in [7, 11) is -3.23. The number of carbonyl (C=O) groups is 1. The molecule has 2 aromatic carbocycles. The zero-order chi connectivity index (χ0) is 20.4. The van der Waals surface area contributed by atoms with Crippen molar-refractivity contribution < 1.29 is 13.2 Å². The molecular formula is C22H23N3O3S. The minimum absolute atomic E-state index is 0.0853. The zero-order valence-corrected chi connectivity index (χ0v) is 17.0. The smallest absolute Gasteiger partial charge is 0.272 e. The van der Waals surface area contributed by atoms with Crippen molar-refractivity contribution in [2.75, 3.05) is 5.75 Å². The summed E-state index contributed by atoms with van der Waals surface area (Å²) < 4.78 is 26.2. The third-order valence-corrected chi connectivity index (χ3v) is 6.77. The van der Waals surface area contributed by atoms with Gasteiger partial charge in [0.2, 0.25) is 0 Å². The van der Waals surface area contributed by atoms with Crippen molar-refractivity contribution in [1.29, 1.82) is 0 Å². The molecular weight excluding hydrogens is 386 g/mol. The largest absolute Gasteiger partial charge is 0.344 e. The molecule has 0 aliphatic carbocycles. The van der Waals surface area contributed by atoms with Crippen LogP contribution in [0.15, 0.2) is 60.7 Å². The van der Waals surface area contributed by atoms with Crippen molar-refractivity contribution in [2.24, 2.45) is 0 Å². The Bertz CT molecular complexity index is 1120. The Labute approximate surface area is 170 Å². The van der Waals surface area contributed by atoms with Crippen LogP contribution < -0.4 is 5.32 Å². The first-order chi connectivity index (χ1) is 13.9. The van der Waals surface area contributed by atoms with E-state index in [-0.39, 0.29) is 29.1 Å². The number of hydrogen-bond acceptors (Lipinski definition) is 4. The van der Waals surface area contributed by atoms with Crippen LogP contribution in [0.2, 0.25) is 0 Å². The molecule has 0 fully saturated rings. The van der Waals surface area contributed by atoms with Gasteiger partial charge in [0, 0.05) is 17.7 Å². The number of benzene rings is 2. The van der Waals surface area contributed by atoms with E-state index in [1.54, 1.807) is 4.68 Å². The lowest BCUT2D eigenvalue weighted by Gasteiger charge is -2.16. The van der Waals surface area contributed by atoms with Crippen molar-refractivity contribution in [3.05, 3.63) is 88.7 Å². The first kappa shape index (κ1) is 19.4. The van der Waals surface area contributed by atoms with E-state index >= 15 is 0 Å². The van der Waals surface area contributed by atoms with Crippen LogP contribution in [0.1, 0.15) is 45.8 Å². The Balaban J connectivity index is 1.66. The van der Waals surface area contributed by atoms with Crippen molar-refractivity contribution in [1.82, 2.24) is 15.1 Å². The van der Waals surface area contributed by atoms with E-state index in [4.69, 9.17) is 0 Å². The van der Waals surface area contributed by atoms with Crippen molar-refractivity contribution >= 4 is 15.7 Å². The van der Waals surface area contributed by atoms with Crippen molar-refractivity contribution in [3.63, 3.8) is 0 Å². The molecule has 0 saturated heterocycles. The standard InChI is InChI=1S/C22H23N3O3S/c1-16(18-10-6-3-7-11-18)23-22(26)21-19-15-29(27,28)13-12-20(19)25(24-21)14-17-8-4-2-5-9-17/h2-11,16H,12-15H2,1H3,(H,23,26)/t16-/m1/s1. The van der Waals surface area contributed by atoms with Gasteiger partial charge in [0.15, 0.2) is 15.5 Å². The molecule has 4 rings (SSSR count). The highest BCUT2D eigenvalue weighted by Gasteiger charge is 2.31. The van der Waals surface area contributed by atoms with Crippen LogP contribution in [0.5, 0.6) is 0 Å². The molecule has 1 aromatic heterocycles. The molecule has 0 radical (unpaired) electrons. The molecule has 29 heavy (non-hydrogen) atoms. The first-order valence-electron chi connectivity index (χ1n) is 9.61. The normalized spacial score (nSPS) is 16.0. The SMILES string of the molecule is C[C@@H](NC(=O)c1nn(Cc2ccccc2)c2c1CS(=O)(=O)CC2)c1ccccc1. The van der Waals surface area contributed by atoms with Gasteiger partial charge in [-0.05, 0) is 18.1 Å². The van der Waals surface area contributed by atoms with Crippen molar-refractivity contribution in [2.45, 2.75) is 31.7 Å². The fourth-order valence-corrected chi connectivity index (χ4v) is 5.06. The Morgan fingerprint density at radius 2 is 1.76 bits per heavy atom.